The molecule has 0 heterocycles. The van der Waals surface area contributed by atoms with Gasteiger partial charge in [-0.05, 0) is 42.7 Å². The number of amides is 1. The Morgan fingerprint density at radius 3 is 2.19 bits per heavy atom. The number of anilines is 1. The fourth-order valence-corrected chi connectivity index (χ4v) is 3.17. The summed E-state index contributed by atoms with van der Waals surface area (Å²) in [7, 11) is 0. The van der Waals surface area contributed by atoms with Crippen molar-refractivity contribution in [1.29, 1.82) is 0 Å². The van der Waals surface area contributed by atoms with Crippen molar-refractivity contribution in [3.63, 3.8) is 0 Å². The molecule has 3 aromatic rings. The first-order valence-electron chi connectivity index (χ1n) is 9.93. The van der Waals surface area contributed by atoms with E-state index in [2.05, 4.69) is 5.32 Å². The topological polar surface area (TPSA) is 109 Å². The smallest absolute Gasteiger partial charge is 0.320 e. The van der Waals surface area contributed by atoms with Gasteiger partial charge in [0.2, 0.25) is 5.91 Å². The van der Waals surface area contributed by atoms with Gasteiger partial charge in [-0.15, -0.1) is 0 Å². The molecule has 0 spiro atoms. The molecule has 0 aromatic heterocycles. The van der Waals surface area contributed by atoms with E-state index in [4.69, 9.17) is 10.8 Å². The molecule has 0 saturated carbocycles. The third-order valence-corrected chi connectivity index (χ3v) is 5.07. The Balaban J connectivity index is 1.67. The van der Waals surface area contributed by atoms with Gasteiger partial charge in [-0.1, -0.05) is 60.7 Å². The number of hydrogen-bond donors (Lipinski definition) is 3. The minimum Gasteiger partial charge on any atom is -0.480 e. The maximum atomic E-state index is 12.7. The highest BCUT2D eigenvalue weighted by Gasteiger charge is 2.18. The molecular weight excluding hydrogens is 392 g/mol. The highest BCUT2D eigenvalue weighted by molar-refractivity contribution is 6.09. The highest BCUT2D eigenvalue weighted by atomic mass is 16.4. The number of nitrogens with two attached hydrogens (primary N) is 1. The van der Waals surface area contributed by atoms with Crippen LogP contribution in [0.1, 0.15) is 39.9 Å². The van der Waals surface area contributed by atoms with Gasteiger partial charge in [-0.3, -0.25) is 14.4 Å². The third-order valence-electron chi connectivity index (χ3n) is 5.07. The van der Waals surface area contributed by atoms with Crippen LogP contribution in [0.2, 0.25) is 0 Å². The van der Waals surface area contributed by atoms with Gasteiger partial charge in [0.15, 0.2) is 5.78 Å². The van der Waals surface area contributed by atoms with Gasteiger partial charge in [-0.25, -0.2) is 0 Å². The Kier molecular flexibility index (Phi) is 6.95. The van der Waals surface area contributed by atoms with Crippen molar-refractivity contribution in [2.45, 2.75) is 25.3 Å². The predicted octanol–water partition coefficient (Wildman–Crippen LogP) is 3.61. The summed E-state index contributed by atoms with van der Waals surface area (Å²) in [6, 6.07) is 22.0. The predicted molar refractivity (Wildman–Crippen MR) is 119 cm³/mol. The molecule has 158 valence electrons. The van der Waals surface area contributed by atoms with Gasteiger partial charge in [0.25, 0.3) is 0 Å². The number of carbonyl (C=O) groups excluding carboxylic acids is 2. The monoisotopic (exact) mass is 416 g/mol. The molecule has 0 bridgehead atoms. The summed E-state index contributed by atoms with van der Waals surface area (Å²) in [5.74, 6) is -1.83. The minimum atomic E-state index is -1.06. The summed E-state index contributed by atoms with van der Waals surface area (Å²) < 4.78 is 0. The minimum absolute atomic E-state index is 0.0924. The SMILES string of the molecule is C[C@H](C(=O)Nc1ccc(C[C@@H](N)C(=O)O)cc1)c1cccc(C(=O)c2ccccc2)c1. The Bertz CT molecular complexity index is 1080. The molecule has 0 radical (unpaired) electrons. The van der Waals surface area contributed by atoms with Crippen LogP contribution in [0, 0.1) is 0 Å². The van der Waals surface area contributed by atoms with Crippen LogP contribution >= 0.6 is 0 Å². The molecule has 31 heavy (non-hydrogen) atoms. The number of aliphatic carboxylic acids is 1. The Morgan fingerprint density at radius 1 is 0.903 bits per heavy atom. The van der Waals surface area contributed by atoms with Gasteiger partial charge < -0.3 is 16.2 Å². The average molecular weight is 416 g/mol. The van der Waals surface area contributed by atoms with Crippen LogP contribution in [-0.4, -0.2) is 28.8 Å². The first kappa shape index (κ1) is 21.9. The van der Waals surface area contributed by atoms with Crippen molar-refractivity contribution in [2.24, 2.45) is 5.73 Å². The lowest BCUT2D eigenvalue weighted by molar-refractivity contribution is -0.138. The zero-order chi connectivity index (χ0) is 22.4. The number of carboxylic acids is 1. The van der Waals surface area contributed by atoms with Crippen LogP contribution in [0.3, 0.4) is 0 Å². The highest BCUT2D eigenvalue weighted by Crippen LogP contribution is 2.21. The second kappa shape index (κ2) is 9.82. The van der Waals surface area contributed by atoms with Crippen LogP contribution in [0.15, 0.2) is 78.9 Å². The van der Waals surface area contributed by atoms with Gasteiger partial charge in [0.05, 0.1) is 5.92 Å². The second-order valence-electron chi connectivity index (χ2n) is 7.38. The van der Waals surface area contributed by atoms with Gasteiger partial charge in [-0.2, -0.15) is 0 Å². The maximum absolute atomic E-state index is 12.7. The molecule has 0 aliphatic rings. The fraction of sp³-hybridized carbons (Fsp3) is 0.160. The molecule has 0 aliphatic carbocycles. The largest absolute Gasteiger partial charge is 0.480 e. The van der Waals surface area contributed by atoms with Crippen LogP contribution in [0.25, 0.3) is 0 Å². The Morgan fingerprint density at radius 2 is 1.55 bits per heavy atom. The van der Waals surface area contributed by atoms with Crippen molar-refractivity contribution in [3.8, 4) is 0 Å². The van der Waals surface area contributed by atoms with E-state index in [-0.39, 0.29) is 18.1 Å². The van der Waals surface area contributed by atoms with Crippen LogP contribution in [0.4, 0.5) is 5.69 Å². The normalized spacial score (nSPS) is 12.6. The van der Waals surface area contributed by atoms with Crippen LogP contribution in [0.5, 0.6) is 0 Å². The van der Waals surface area contributed by atoms with E-state index in [9.17, 15) is 14.4 Å². The fourth-order valence-electron chi connectivity index (χ4n) is 3.17. The van der Waals surface area contributed by atoms with Crippen molar-refractivity contribution < 1.29 is 19.5 Å². The molecule has 0 fully saturated rings. The van der Waals surface area contributed by atoms with Gasteiger partial charge in [0, 0.05) is 16.8 Å². The van der Waals surface area contributed by atoms with E-state index in [1.807, 2.05) is 24.3 Å². The third kappa shape index (κ3) is 5.65. The molecule has 0 unspecified atom stereocenters. The van der Waals surface area contributed by atoms with Gasteiger partial charge in [0.1, 0.15) is 6.04 Å². The number of rotatable bonds is 8. The van der Waals surface area contributed by atoms with Crippen molar-refractivity contribution in [3.05, 3.63) is 101 Å². The average Bonchev–Trinajstić information content (AvgIpc) is 2.79. The molecule has 2 atom stereocenters. The molecule has 0 saturated heterocycles. The second-order valence-corrected chi connectivity index (χ2v) is 7.38. The molecule has 1 amide bonds. The molecule has 4 N–H and O–H groups in total. The van der Waals surface area contributed by atoms with E-state index >= 15 is 0 Å². The first-order valence-corrected chi connectivity index (χ1v) is 9.93. The Hall–Kier alpha value is -3.77. The number of carbonyl (C=O) groups is 3. The van der Waals surface area contributed by atoms with E-state index in [1.54, 1.807) is 61.5 Å². The van der Waals surface area contributed by atoms with Crippen molar-refractivity contribution >= 4 is 23.3 Å². The molecular formula is C25H24N2O4. The standard InChI is InChI=1S/C25H24N2O4/c1-16(19-8-5-9-20(15-19)23(28)18-6-3-2-4-7-18)24(29)27-21-12-10-17(11-13-21)14-22(26)25(30)31/h2-13,15-16,22H,14,26H2,1H3,(H,27,29)(H,30,31)/t16-,22+/m0/s1. The quantitative estimate of drug-likeness (QED) is 0.486. The lowest BCUT2D eigenvalue weighted by Gasteiger charge is -2.14. The number of nitrogens with one attached hydrogen (secondary N) is 1. The summed E-state index contributed by atoms with van der Waals surface area (Å²) >= 11 is 0. The summed E-state index contributed by atoms with van der Waals surface area (Å²) in [5, 5.41) is 11.8. The molecule has 6 heteroatoms. The van der Waals surface area contributed by atoms with Crippen LogP contribution < -0.4 is 11.1 Å². The van der Waals surface area contributed by atoms with Crippen molar-refractivity contribution in [1.82, 2.24) is 0 Å². The van der Waals surface area contributed by atoms with Crippen LogP contribution in [-0.2, 0) is 16.0 Å². The maximum Gasteiger partial charge on any atom is 0.320 e. The van der Waals surface area contributed by atoms with Crippen molar-refractivity contribution in [2.75, 3.05) is 5.32 Å². The number of hydrogen-bond acceptors (Lipinski definition) is 4. The Labute approximate surface area is 180 Å². The van der Waals surface area contributed by atoms with Gasteiger partial charge >= 0.3 is 5.97 Å². The number of benzene rings is 3. The summed E-state index contributed by atoms with van der Waals surface area (Å²) in [5.41, 5.74) is 8.78. The lowest BCUT2D eigenvalue weighted by Crippen LogP contribution is -2.32. The zero-order valence-electron chi connectivity index (χ0n) is 17.1. The van der Waals surface area contributed by atoms with E-state index in [1.165, 1.54) is 0 Å². The van der Waals surface area contributed by atoms with E-state index in [0.29, 0.717) is 16.8 Å². The molecule has 0 aliphatic heterocycles. The number of carboxylic acid groups (broad SMARTS) is 1. The first-order chi connectivity index (χ1) is 14.8. The summed E-state index contributed by atoms with van der Waals surface area (Å²) in [6.45, 7) is 1.78. The van der Waals surface area contributed by atoms with E-state index in [0.717, 1.165) is 11.1 Å². The molecule has 3 rings (SSSR count). The van der Waals surface area contributed by atoms with E-state index < -0.39 is 17.9 Å². The number of ketones is 1. The lowest BCUT2D eigenvalue weighted by atomic mass is 9.95. The molecule has 3 aromatic carbocycles. The zero-order valence-corrected chi connectivity index (χ0v) is 17.1. The summed E-state index contributed by atoms with van der Waals surface area (Å²) in [6.07, 6.45) is 0.211. The summed E-state index contributed by atoms with van der Waals surface area (Å²) in [4.78, 5) is 36.3. The molecule has 6 nitrogen and oxygen atoms in total.